The Balaban J connectivity index is -0.0000000675. The van der Waals surface area contributed by atoms with Gasteiger partial charge in [0.25, 0.3) is 0 Å². The molecule has 0 radical (unpaired) electrons. The van der Waals surface area contributed by atoms with E-state index < -0.39 is 0 Å². The quantitative estimate of drug-likeness (QED) is 0.443. The third-order valence-electron chi connectivity index (χ3n) is 1.16. The molecule has 0 bridgehead atoms. The highest BCUT2D eigenvalue weighted by atomic mass is 35.5. The Bertz CT molecular complexity index is 61.8. The zero-order chi connectivity index (χ0) is 7.66. The molecular weight excluding hydrogens is 278 g/mol. The highest BCUT2D eigenvalue weighted by Gasteiger charge is 1.88. The maximum atomic E-state index is 7.62. The van der Waals surface area contributed by atoms with Gasteiger partial charge in [-0.1, -0.05) is 26.2 Å². The van der Waals surface area contributed by atoms with Crippen LogP contribution in [0.15, 0.2) is 0 Å². The second kappa shape index (κ2) is 29.2. The molecule has 0 aromatic heterocycles. The van der Waals surface area contributed by atoms with E-state index in [9.17, 15) is 0 Å². The van der Waals surface area contributed by atoms with Gasteiger partial charge in [-0.05, 0) is 16.5 Å². The number of unbranched alkanes of at least 4 members (excludes halogenated alkanes) is 3. The van der Waals surface area contributed by atoms with E-state index >= 15 is 0 Å². The summed E-state index contributed by atoms with van der Waals surface area (Å²) in [5, 5.41) is 14.6. The molecule has 0 amide bonds. The number of halogens is 4. The maximum absolute atomic E-state index is 7.62. The van der Waals surface area contributed by atoms with Gasteiger partial charge in [0.15, 0.2) is 0 Å². The third kappa shape index (κ3) is 29.2. The van der Waals surface area contributed by atoms with E-state index in [-0.39, 0.29) is 49.6 Å². The van der Waals surface area contributed by atoms with Gasteiger partial charge in [-0.2, -0.15) is 0 Å². The van der Waals surface area contributed by atoms with Crippen LogP contribution >= 0.6 is 49.6 Å². The van der Waals surface area contributed by atoms with Crippen molar-refractivity contribution in [1.29, 1.82) is 0 Å². The van der Waals surface area contributed by atoms with Crippen molar-refractivity contribution in [2.24, 2.45) is 0 Å². The molecule has 0 atom stereocenters. The second-order valence-corrected chi connectivity index (χ2v) is 2.03. The lowest BCUT2D eigenvalue weighted by molar-refractivity contribution is -0.623. The van der Waals surface area contributed by atoms with Crippen molar-refractivity contribution in [3.63, 3.8) is 0 Å². The minimum absolute atomic E-state index is 0. The van der Waals surface area contributed by atoms with Crippen LogP contribution in [0.4, 0.5) is 0 Å². The molecule has 0 aromatic carbocycles. The first-order valence-electron chi connectivity index (χ1n) is 3.51. The van der Waals surface area contributed by atoms with Gasteiger partial charge in [-0.3, -0.25) is 0 Å². The zero-order valence-electron chi connectivity index (χ0n) is 7.84. The first-order valence-corrected chi connectivity index (χ1v) is 3.51. The Morgan fingerprint density at radius 3 is 1.93 bits per heavy atom. The van der Waals surface area contributed by atoms with Crippen molar-refractivity contribution in [3.8, 4) is 0 Å². The Morgan fingerprint density at radius 1 is 0.929 bits per heavy atom. The summed E-state index contributed by atoms with van der Waals surface area (Å²) < 4.78 is 0. The van der Waals surface area contributed by atoms with Crippen molar-refractivity contribution < 1.29 is 20.2 Å². The summed E-state index contributed by atoms with van der Waals surface area (Å²) in [4.78, 5) is 4.36. The molecule has 0 heterocycles. The summed E-state index contributed by atoms with van der Waals surface area (Å²) in [6, 6.07) is 0. The lowest BCUT2D eigenvalue weighted by Crippen LogP contribution is -1.95. The molecule has 0 rings (SSSR count). The molecule has 0 spiro atoms. The summed E-state index contributed by atoms with van der Waals surface area (Å²) in [5.74, 6) is 0. The molecule has 0 fully saturated rings. The summed E-state index contributed by atoms with van der Waals surface area (Å²) >= 11 is 0. The lowest BCUT2D eigenvalue weighted by Gasteiger charge is -1.97. The predicted molar refractivity (Wildman–Crippen MR) is 63.9 cm³/mol. The third-order valence-corrected chi connectivity index (χ3v) is 1.16. The molecule has 0 aliphatic carbocycles. The van der Waals surface area contributed by atoms with E-state index in [0.29, 0.717) is 6.61 Å². The summed E-state index contributed by atoms with van der Waals surface area (Å²) in [7, 11) is 0. The van der Waals surface area contributed by atoms with E-state index in [1.54, 1.807) is 0 Å². The molecule has 0 saturated carbocycles. The van der Waals surface area contributed by atoms with E-state index in [1.165, 1.54) is 12.8 Å². The molecule has 1 N–H and O–H groups in total. The van der Waals surface area contributed by atoms with Crippen molar-refractivity contribution >= 4 is 49.6 Å². The van der Waals surface area contributed by atoms with Crippen LogP contribution in [-0.4, -0.2) is 11.9 Å². The topological polar surface area (TPSA) is 47.9 Å². The number of rotatable bonds is 7. The van der Waals surface area contributed by atoms with Crippen molar-refractivity contribution in [2.75, 3.05) is 6.61 Å². The summed E-state index contributed by atoms with van der Waals surface area (Å²) in [6.07, 6.45) is 4.43. The first-order chi connectivity index (χ1) is 4.91. The van der Waals surface area contributed by atoms with Crippen LogP contribution in [0, 0.1) is 0 Å². The maximum Gasteiger partial charge on any atom is 0.0854 e. The standard InChI is InChI=1S/C6H14O4.4ClH/c1-2-3-4-5-6-8-10-9-7;;;;/h7H,2-6H2,1H3;4*1H. The lowest BCUT2D eigenvalue weighted by atomic mass is 10.2. The molecule has 0 aliphatic rings. The van der Waals surface area contributed by atoms with Crippen LogP contribution in [-0.2, 0) is 15.0 Å². The van der Waals surface area contributed by atoms with Gasteiger partial charge in [0, 0.05) is 0 Å². The summed E-state index contributed by atoms with van der Waals surface area (Å²) in [5.41, 5.74) is 0. The smallest absolute Gasteiger partial charge is 0.0854 e. The number of hydrogen-bond donors (Lipinski definition) is 1. The van der Waals surface area contributed by atoms with Crippen LogP contribution in [0.3, 0.4) is 0 Å². The number of hydrogen-bond acceptors (Lipinski definition) is 4. The van der Waals surface area contributed by atoms with Crippen molar-refractivity contribution in [1.82, 2.24) is 0 Å². The minimum Gasteiger partial charge on any atom is -0.219 e. The Kier molecular flexibility index (Phi) is 61.3. The molecule has 0 aromatic rings. The highest BCUT2D eigenvalue weighted by Crippen LogP contribution is 1.98. The van der Waals surface area contributed by atoms with E-state index in [0.717, 1.165) is 12.8 Å². The second-order valence-electron chi connectivity index (χ2n) is 2.03. The van der Waals surface area contributed by atoms with E-state index in [4.69, 9.17) is 5.26 Å². The van der Waals surface area contributed by atoms with Gasteiger partial charge < -0.3 is 0 Å². The van der Waals surface area contributed by atoms with Gasteiger partial charge in [0.1, 0.15) is 0 Å². The Labute approximate surface area is 109 Å². The van der Waals surface area contributed by atoms with Gasteiger partial charge in [-0.25, -0.2) is 10.1 Å². The monoisotopic (exact) mass is 294 g/mol. The molecule has 4 nitrogen and oxygen atoms in total. The summed E-state index contributed by atoms with van der Waals surface area (Å²) in [6.45, 7) is 2.59. The van der Waals surface area contributed by atoms with Crippen LogP contribution in [0.5, 0.6) is 0 Å². The van der Waals surface area contributed by atoms with Gasteiger partial charge in [-0.15, -0.1) is 49.6 Å². The fourth-order valence-corrected chi connectivity index (χ4v) is 0.643. The molecule has 94 valence electrons. The average molecular weight is 296 g/mol. The van der Waals surface area contributed by atoms with Crippen molar-refractivity contribution in [2.45, 2.75) is 32.6 Å². The van der Waals surface area contributed by atoms with Crippen molar-refractivity contribution in [3.05, 3.63) is 0 Å². The molecule has 0 unspecified atom stereocenters. The fourth-order valence-electron chi connectivity index (χ4n) is 0.643. The van der Waals surface area contributed by atoms with Crippen LogP contribution in [0.25, 0.3) is 0 Å². The first kappa shape index (κ1) is 29.4. The Morgan fingerprint density at radius 2 is 1.50 bits per heavy atom. The minimum atomic E-state index is 0. The van der Waals surface area contributed by atoms with Crippen LogP contribution < -0.4 is 0 Å². The van der Waals surface area contributed by atoms with Crippen LogP contribution in [0.2, 0.25) is 0 Å². The average Bonchev–Trinajstić information content (AvgIpc) is 1.97. The molecule has 0 aliphatic heterocycles. The van der Waals surface area contributed by atoms with E-state index in [2.05, 4.69) is 21.9 Å². The normalized spacial score (nSPS) is 7.29. The largest absolute Gasteiger partial charge is 0.219 e. The zero-order valence-corrected chi connectivity index (χ0v) is 11.1. The molecule has 0 saturated heterocycles. The SMILES string of the molecule is CCCCCCOOOO.Cl.Cl.Cl.Cl. The highest BCUT2D eigenvalue weighted by molar-refractivity contribution is 5.86. The predicted octanol–water partition coefficient (Wildman–Crippen LogP) is 3.61. The van der Waals surface area contributed by atoms with Gasteiger partial charge in [0.2, 0.25) is 0 Å². The van der Waals surface area contributed by atoms with E-state index in [1.807, 2.05) is 0 Å². The fraction of sp³-hybridized carbons (Fsp3) is 1.00. The van der Waals surface area contributed by atoms with Crippen LogP contribution in [0.1, 0.15) is 32.6 Å². The molecular formula is C6H18Cl4O4. The van der Waals surface area contributed by atoms with Gasteiger partial charge in [0.05, 0.1) is 6.61 Å². The van der Waals surface area contributed by atoms with Gasteiger partial charge >= 0.3 is 0 Å². The molecule has 8 heteroatoms. The Hall–Kier alpha value is 1.00. The molecule has 14 heavy (non-hydrogen) atoms.